The van der Waals surface area contributed by atoms with E-state index < -0.39 is 18.2 Å². The lowest BCUT2D eigenvalue weighted by Gasteiger charge is -2.34. The largest absolute Gasteiger partial charge is 0.496 e. The Balaban J connectivity index is 1.55. The molecule has 5 rings (SSSR count). The quantitative estimate of drug-likeness (QED) is 0.299. The number of hydrogen-bond acceptors (Lipinski definition) is 8. The first-order valence-electron chi connectivity index (χ1n) is 12.3. The lowest BCUT2D eigenvalue weighted by molar-refractivity contribution is 0.0566. The minimum atomic E-state index is -2.78. The average molecular weight is 553 g/mol. The molecule has 0 unspecified atom stereocenters. The van der Waals surface area contributed by atoms with Gasteiger partial charge in [-0.05, 0) is 25.0 Å². The Labute approximate surface area is 226 Å². The van der Waals surface area contributed by atoms with Crippen molar-refractivity contribution in [3.8, 4) is 34.2 Å². The number of rotatable bonds is 7. The molecule has 1 fully saturated rings. The number of nitrogens with one attached hydrogen (secondary N) is 1. The standard InChI is InChI=1S/C27H24F4N8O/c1-40-22-8-17(28)7-20(29)25(22)26-15(10-32)4-5-23(37-26)36-24-9-21(38-6-2-3-18(33)14-38)19(12-34-24)16-11-35-39(13-16)27(30)31/h4-5,7-9,11-13,18,27H,2-3,6,14,33H2,1H3,(H,34,36,37)/t18-/m0/s1. The number of ether oxygens (including phenoxy) is 1. The van der Waals surface area contributed by atoms with Crippen LogP contribution in [-0.4, -0.2) is 46.0 Å². The molecule has 1 saturated heterocycles. The molecule has 13 heteroatoms. The molecule has 1 aliphatic rings. The van der Waals surface area contributed by atoms with E-state index in [2.05, 4.69) is 25.3 Å². The van der Waals surface area contributed by atoms with Crippen LogP contribution in [0.5, 0.6) is 5.75 Å². The first-order chi connectivity index (χ1) is 19.3. The number of piperidine rings is 1. The van der Waals surface area contributed by atoms with E-state index in [4.69, 9.17) is 10.5 Å². The Bertz CT molecular complexity index is 1590. The fourth-order valence-electron chi connectivity index (χ4n) is 4.69. The molecular formula is C27H24F4N8O. The van der Waals surface area contributed by atoms with Crippen LogP contribution in [0.15, 0.2) is 48.9 Å². The highest BCUT2D eigenvalue weighted by Gasteiger charge is 2.23. The topological polar surface area (TPSA) is 118 Å². The summed E-state index contributed by atoms with van der Waals surface area (Å²) >= 11 is 0. The predicted octanol–water partition coefficient (Wildman–Crippen LogP) is 5.23. The Morgan fingerprint density at radius 2 is 2.00 bits per heavy atom. The molecule has 0 saturated carbocycles. The third-order valence-corrected chi connectivity index (χ3v) is 6.54. The lowest BCUT2D eigenvalue weighted by atomic mass is 10.0. The predicted molar refractivity (Wildman–Crippen MR) is 140 cm³/mol. The van der Waals surface area contributed by atoms with Crippen molar-refractivity contribution in [2.45, 2.75) is 25.4 Å². The minimum absolute atomic E-state index is 0.0416. The lowest BCUT2D eigenvalue weighted by Crippen LogP contribution is -2.43. The highest BCUT2D eigenvalue weighted by molar-refractivity contribution is 5.80. The van der Waals surface area contributed by atoms with E-state index in [1.165, 1.54) is 37.8 Å². The molecule has 3 aromatic heterocycles. The molecule has 0 bridgehead atoms. The Morgan fingerprint density at radius 1 is 1.18 bits per heavy atom. The molecule has 4 heterocycles. The molecule has 0 radical (unpaired) electrons. The third kappa shape index (κ3) is 5.39. The molecular weight excluding hydrogens is 528 g/mol. The van der Waals surface area contributed by atoms with Gasteiger partial charge in [0.15, 0.2) is 0 Å². The number of hydrogen-bond donors (Lipinski definition) is 2. The van der Waals surface area contributed by atoms with Gasteiger partial charge in [0.05, 0.1) is 30.1 Å². The summed E-state index contributed by atoms with van der Waals surface area (Å²) in [6.07, 6.45) is 5.86. The molecule has 3 N–H and O–H groups in total. The van der Waals surface area contributed by atoms with E-state index in [0.29, 0.717) is 46.5 Å². The van der Waals surface area contributed by atoms with Crippen molar-refractivity contribution in [1.82, 2.24) is 19.7 Å². The smallest absolute Gasteiger partial charge is 0.333 e. The zero-order chi connectivity index (χ0) is 28.4. The molecule has 0 spiro atoms. The minimum Gasteiger partial charge on any atom is -0.496 e. The molecule has 40 heavy (non-hydrogen) atoms. The van der Waals surface area contributed by atoms with Gasteiger partial charge in [0.25, 0.3) is 0 Å². The summed E-state index contributed by atoms with van der Waals surface area (Å²) in [4.78, 5) is 10.9. The van der Waals surface area contributed by atoms with Gasteiger partial charge in [-0.25, -0.2) is 23.4 Å². The van der Waals surface area contributed by atoms with Crippen LogP contribution in [-0.2, 0) is 0 Å². The molecule has 1 aliphatic heterocycles. The molecule has 1 aromatic carbocycles. The van der Waals surface area contributed by atoms with E-state index >= 15 is 0 Å². The van der Waals surface area contributed by atoms with Crippen LogP contribution in [0.4, 0.5) is 34.9 Å². The van der Waals surface area contributed by atoms with Crippen molar-refractivity contribution in [3.05, 3.63) is 66.1 Å². The van der Waals surface area contributed by atoms with E-state index in [1.54, 1.807) is 6.07 Å². The fourth-order valence-corrected chi connectivity index (χ4v) is 4.69. The number of halogens is 4. The first kappa shape index (κ1) is 26.9. The fraction of sp³-hybridized carbons (Fsp3) is 0.259. The van der Waals surface area contributed by atoms with Gasteiger partial charge < -0.3 is 20.7 Å². The number of anilines is 3. The number of nitrogens with two attached hydrogens (primary N) is 1. The highest BCUT2D eigenvalue weighted by Crippen LogP contribution is 2.37. The summed E-state index contributed by atoms with van der Waals surface area (Å²) < 4.78 is 60.7. The van der Waals surface area contributed by atoms with E-state index in [0.717, 1.165) is 18.9 Å². The van der Waals surface area contributed by atoms with Gasteiger partial charge in [-0.3, -0.25) is 0 Å². The Morgan fingerprint density at radius 3 is 2.70 bits per heavy atom. The number of pyridine rings is 2. The summed E-state index contributed by atoms with van der Waals surface area (Å²) in [5.74, 6) is -1.30. The maximum absolute atomic E-state index is 14.8. The van der Waals surface area contributed by atoms with Crippen LogP contribution in [0.2, 0.25) is 0 Å². The zero-order valence-electron chi connectivity index (χ0n) is 21.3. The van der Waals surface area contributed by atoms with Gasteiger partial charge in [0.2, 0.25) is 0 Å². The summed E-state index contributed by atoms with van der Waals surface area (Å²) in [6, 6.07) is 8.32. The van der Waals surface area contributed by atoms with Crippen molar-refractivity contribution >= 4 is 17.3 Å². The van der Waals surface area contributed by atoms with Gasteiger partial charge in [0, 0.05) is 66.5 Å². The number of benzene rings is 1. The number of methoxy groups -OCH3 is 1. The van der Waals surface area contributed by atoms with Crippen LogP contribution < -0.4 is 20.7 Å². The van der Waals surface area contributed by atoms with Crippen molar-refractivity contribution in [1.29, 1.82) is 5.26 Å². The van der Waals surface area contributed by atoms with Crippen LogP contribution in [0.25, 0.3) is 22.4 Å². The van der Waals surface area contributed by atoms with Crippen molar-refractivity contribution in [2.24, 2.45) is 5.73 Å². The van der Waals surface area contributed by atoms with Crippen molar-refractivity contribution < 1.29 is 22.3 Å². The second kappa shape index (κ2) is 11.2. The van der Waals surface area contributed by atoms with Crippen molar-refractivity contribution in [2.75, 3.05) is 30.4 Å². The number of nitrogens with zero attached hydrogens (tertiary/aromatic N) is 6. The van der Waals surface area contributed by atoms with Crippen LogP contribution >= 0.6 is 0 Å². The molecule has 206 valence electrons. The molecule has 1 atom stereocenters. The Hall–Kier alpha value is -4.70. The van der Waals surface area contributed by atoms with E-state index in [1.807, 2.05) is 6.07 Å². The van der Waals surface area contributed by atoms with Gasteiger partial charge in [-0.2, -0.15) is 19.1 Å². The summed E-state index contributed by atoms with van der Waals surface area (Å²) in [5, 5.41) is 16.4. The third-order valence-electron chi connectivity index (χ3n) is 6.54. The molecule has 9 nitrogen and oxygen atoms in total. The van der Waals surface area contributed by atoms with Gasteiger partial charge >= 0.3 is 6.55 Å². The first-order valence-corrected chi connectivity index (χ1v) is 12.3. The highest BCUT2D eigenvalue weighted by atomic mass is 19.3. The second-order valence-electron chi connectivity index (χ2n) is 9.22. The van der Waals surface area contributed by atoms with Gasteiger partial charge in [-0.1, -0.05) is 0 Å². The van der Waals surface area contributed by atoms with E-state index in [-0.39, 0.29) is 34.4 Å². The van der Waals surface area contributed by atoms with Gasteiger partial charge in [0.1, 0.15) is 35.1 Å². The van der Waals surface area contributed by atoms with Crippen LogP contribution in [0.1, 0.15) is 25.0 Å². The Kier molecular flexibility index (Phi) is 7.52. The molecule has 0 amide bonds. The SMILES string of the molecule is COc1cc(F)cc(F)c1-c1nc(Nc2cc(N3CCC[C@H](N)C3)c(-c3cnn(C(F)F)c3)cn2)ccc1C#N. The normalized spacial score (nSPS) is 15.2. The number of nitriles is 1. The van der Waals surface area contributed by atoms with Crippen LogP contribution in [0, 0.1) is 23.0 Å². The summed E-state index contributed by atoms with van der Waals surface area (Å²) in [5.41, 5.74) is 7.83. The number of alkyl halides is 2. The van der Waals surface area contributed by atoms with Crippen molar-refractivity contribution in [3.63, 3.8) is 0 Å². The summed E-state index contributed by atoms with van der Waals surface area (Å²) in [7, 11) is 1.26. The molecule has 0 aliphatic carbocycles. The monoisotopic (exact) mass is 552 g/mol. The number of aromatic nitrogens is 4. The summed E-state index contributed by atoms with van der Waals surface area (Å²) in [6.45, 7) is -1.52. The van der Waals surface area contributed by atoms with Crippen LogP contribution in [0.3, 0.4) is 0 Å². The average Bonchev–Trinajstić information content (AvgIpc) is 3.43. The maximum atomic E-state index is 14.8. The zero-order valence-corrected chi connectivity index (χ0v) is 21.3. The van der Waals surface area contributed by atoms with E-state index in [9.17, 15) is 22.8 Å². The second-order valence-corrected chi connectivity index (χ2v) is 9.22. The molecule has 4 aromatic rings. The van der Waals surface area contributed by atoms with Gasteiger partial charge in [-0.15, -0.1) is 0 Å². The maximum Gasteiger partial charge on any atom is 0.333 e.